The molecule has 8 nitrogen and oxygen atoms in total. The van der Waals surface area contributed by atoms with E-state index < -0.39 is 22.7 Å². The Hall–Kier alpha value is -4.05. The number of nitrogens with one attached hydrogen (secondary N) is 2. The van der Waals surface area contributed by atoms with Crippen LogP contribution in [-0.2, 0) is 29.1 Å². The number of aromatic nitrogens is 1. The van der Waals surface area contributed by atoms with Crippen LogP contribution in [0.15, 0.2) is 78.0 Å². The van der Waals surface area contributed by atoms with Crippen LogP contribution in [0.3, 0.4) is 0 Å². The second-order valence-corrected chi connectivity index (χ2v) is 14.6. The zero-order chi connectivity index (χ0) is 33.9. The van der Waals surface area contributed by atoms with Crippen molar-refractivity contribution >= 4 is 34.3 Å². The standard InChI is InChI=1S/C38H47N5O3S/c1-8-41-36-32(46-7)20-31(26(4)35(36)39)34(38(5,6)37(44)42-30-13-11-17-40-21-30)28-16-15-25(3)29(19-28)23-43-22-24(2)18-27-12-9-10-14-33(27)47(43)45/h9-17,19-21,24,34,41H,8,18,22-23,39H2,1-7H3,(H,42,44). The van der Waals surface area contributed by atoms with E-state index in [1.54, 1.807) is 25.6 Å². The van der Waals surface area contributed by atoms with Crippen LogP contribution < -0.4 is 21.1 Å². The van der Waals surface area contributed by atoms with Crippen molar-refractivity contribution in [2.75, 3.05) is 36.6 Å². The van der Waals surface area contributed by atoms with Crippen LogP contribution in [-0.4, -0.2) is 39.9 Å². The normalized spacial score (nSPS) is 17.4. The Morgan fingerprint density at radius 2 is 1.94 bits per heavy atom. The highest BCUT2D eigenvalue weighted by Gasteiger charge is 2.41. The fourth-order valence-corrected chi connectivity index (χ4v) is 8.15. The maximum atomic E-state index is 14.2. The average Bonchev–Trinajstić information content (AvgIpc) is 3.17. The predicted molar refractivity (Wildman–Crippen MR) is 192 cm³/mol. The Balaban J connectivity index is 1.62. The van der Waals surface area contributed by atoms with E-state index in [9.17, 15) is 9.35 Å². The summed E-state index contributed by atoms with van der Waals surface area (Å²) in [5, 5.41) is 6.44. The van der Waals surface area contributed by atoms with Crippen LogP contribution in [0.5, 0.6) is 5.75 Å². The smallest absolute Gasteiger partial charge is 0.231 e. The van der Waals surface area contributed by atoms with Gasteiger partial charge in [-0.3, -0.25) is 9.78 Å². The molecule has 248 valence electrons. The van der Waals surface area contributed by atoms with E-state index in [0.29, 0.717) is 42.7 Å². The molecule has 1 aliphatic heterocycles. The van der Waals surface area contributed by atoms with E-state index in [-0.39, 0.29) is 5.91 Å². The van der Waals surface area contributed by atoms with E-state index >= 15 is 0 Å². The summed E-state index contributed by atoms with van der Waals surface area (Å²) >= 11 is -1.29. The molecule has 5 rings (SSSR count). The Morgan fingerprint density at radius 3 is 2.64 bits per heavy atom. The summed E-state index contributed by atoms with van der Waals surface area (Å²) in [4.78, 5) is 19.2. The molecule has 0 bridgehead atoms. The van der Waals surface area contributed by atoms with Crippen LogP contribution >= 0.6 is 0 Å². The highest BCUT2D eigenvalue weighted by atomic mass is 32.2. The van der Waals surface area contributed by atoms with Gasteiger partial charge in [-0.15, -0.1) is 4.31 Å². The number of methoxy groups -OCH3 is 1. The van der Waals surface area contributed by atoms with Crippen LogP contribution in [0.2, 0.25) is 0 Å². The quantitative estimate of drug-likeness (QED) is 0.122. The van der Waals surface area contributed by atoms with Crippen molar-refractivity contribution < 1.29 is 14.1 Å². The summed E-state index contributed by atoms with van der Waals surface area (Å²) < 4.78 is 21.9. The summed E-state index contributed by atoms with van der Waals surface area (Å²) in [6.07, 6.45) is 4.22. The van der Waals surface area contributed by atoms with E-state index in [4.69, 9.17) is 10.5 Å². The second kappa shape index (κ2) is 14.4. The predicted octanol–water partition coefficient (Wildman–Crippen LogP) is 7.23. The number of ether oxygens (including phenoxy) is 1. The van der Waals surface area contributed by atoms with Crippen molar-refractivity contribution in [3.63, 3.8) is 0 Å². The van der Waals surface area contributed by atoms with Gasteiger partial charge in [0.1, 0.15) is 11.4 Å². The lowest BCUT2D eigenvalue weighted by molar-refractivity contribution is -0.124. The highest BCUT2D eigenvalue weighted by molar-refractivity contribution is 7.89. The van der Waals surface area contributed by atoms with Crippen molar-refractivity contribution in [3.8, 4) is 5.75 Å². The second-order valence-electron chi connectivity index (χ2n) is 13.1. The third kappa shape index (κ3) is 7.12. The van der Waals surface area contributed by atoms with Crippen LogP contribution in [0.25, 0.3) is 0 Å². The minimum atomic E-state index is -1.29. The first-order valence-electron chi connectivity index (χ1n) is 16.2. The van der Waals surface area contributed by atoms with Gasteiger partial charge in [0.2, 0.25) is 5.91 Å². The van der Waals surface area contributed by atoms with E-state index in [1.807, 2.05) is 58.0 Å². The SMILES string of the molecule is CCNc1c(OC)cc(C(c2ccc(C)c(CN3CC(C)Cc4ccccc4[S+]3[O-])c2)C(C)(C)C(=O)Nc2cccnc2)c(C)c1N. The largest absolute Gasteiger partial charge is 0.593 e. The minimum absolute atomic E-state index is 0.149. The Bertz CT molecular complexity index is 1730. The minimum Gasteiger partial charge on any atom is -0.593 e. The third-order valence-corrected chi connectivity index (χ3v) is 10.8. The summed E-state index contributed by atoms with van der Waals surface area (Å²) in [6, 6.07) is 20.1. The Morgan fingerprint density at radius 1 is 1.17 bits per heavy atom. The zero-order valence-corrected chi connectivity index (χ0v) is 29.3. The molecule has 4 aromatic rings. The third-order valence-electron chi connectivity index (χ3n) is 9.28. The number of fused-ring (bicyclic) bond motifs is 1. The number of carbonyl (C=O) groups excluding carboxylic acids is 1. The molecule has 0 spiro atoms. The van der Waals surface area contributed by atoms with Gasteiger partial charge in [-0.05, 0) is 85.2 Å². The molecule has 0 aliphatic carbocycles. The van der Waals surface area contributed by atoms with Gasteiger partial charge in [0.15, 0.2) is 4.90 Å². The number of aryl methyl sites for hydroxylation is 1. The summed E-state index contributed by atoms with van der Waals surface area (Å²) in [5.41, 5.74) is 13.9. The number of anilines is 3. The Labute approximate surface area is 282 Å². The van der Waals surface area contributed by atoms with Gasteiger partial charge in [0.25, 0.3) is 0 Å². The number of nitrogen functional groups attached to an aromatic ring is 1. The fraction of sp³-hybridized carbons (Fsp3) is 0.368. The first-order chi connectivity index (χ1) is 22.5. The van der Waals surface area contributed by atoms with Crippen molar-refractivity contribution in [3.05, 3.63) is 106 Å². The summed E-state index contributed by atoms with van der Waals surface area (Å²) in [5.74, 6) is 0.421. The number of pyridine rings is 1. The van der Waals surface area contributed by atoms with Gasteiger partial charge < -0.3 is 25.7 Å². The van der Waals surface area contributed by atoms with Gasteiger partial charge in [-0.25, -0.2) is 0 Å². The van der Waals surface area contributed by atoms with Crippen molar-refractivity contribution in [1.82, 2.24) is 9.29 Å². The van der Waals surface area contributed by atoms with Gasteiger partial charge in [0, 0.05) is 30.8 Å². The lowest BCUT2D eigenvalue weighted by Crippen LogP contribution is -2.37. The molecule has 0 radical (unpaired) electrons. The van der Waals surface area contributed by atoms with Gasteiger partial charge in [0.05, 0.1) is 48.0 Å². The lowest BCUT2D eigenvalue weighted by Gasteiger charge is -2.36. The number of hydrogen-bond acceptors (Lipinski definition) is 7. The molecule has 9 heteroatoms. The number of benzene rings is 3. The van der Waals surface area contributed by atoms with Crippen molar-refractivity contribution in [2.45, 2.75) is 65.3 Å². The molecule has 2 heterocycles. The average molecular weight is 654 g/mol. The topological polar surface area (TPSA) is 116 Å². The first-order valence-corrected chi connectivity index (χ1v) is 17.3. The first kappa shape index (κ1) is 34.3. The molecule has 3 aromatic carbocycles. The molecule has 47 heavy (non-hydrogen) atoms. The molecule has 3 unspecified atom stereocenters. The summed E-state index contributed by atoms with van der Waals surface area (Å²) in [7, 11) is 1.63. The number of carbonyl (C=O) groups is 1. The molecule has 1 amide bonds. The molecule has 1 aromatic heterocycles. The molecule has 3 atom stereocenters. The van der Waals surface area contributed by atoms with Crippen LogP contribution in [0.1, 0.15) is 67.0 Å². The molecular weight excluding hydrogens is 607 g/mol. The monoisotopic (exact) mass is 653 g/mol. The van der Waals surface area contributed by atoms with Crippen LogP contribution in [0, 0.1) is 25.2 Å². The number of hydrogen-bond donors (Lipinski definition) is 3. The maximum absolute atomic E-state index is 14.2. The number of amides is 1. The lowest BCUT2D eigenvalue weighted by atomic mass is 9.69. The molecule has 0 saturated heterocycles. The summed E-state index contributed by atoms with van der Waals surface area (Å²) in [6.45, 7) is 14.2. The molecule has 4 N–H and O–H groups in total. The van der Waals surface area contributed by atoms with Gasteiger partial charge in [-0.1, -0.05) is 57.2 Å². The van der Waals surface area contributed by atoms with E-state index in [1.165, 1.54) is 0 Å². The highest BCUT2D eigenvalue weighted by Crippen LogP contribution is 2.48. The maximum Gasteiger partial charge on any atom is 0.231 e. The van der Waals surface area contributed by atoms with E-state index in [2.05, 4.69) is 58.0 Å². The number of rotatable bonds is 10. The Kier molecular flexibility index (Phi) is 10.5. The van der Waals surface area contributed by atoms with Gasteiger partial charge >= 0.3 is 0 Å². The van der Waals surface area contributed by atoms with Crippen molar-refractivity contribution in [2.24, 2.45) is 11.3 Å². The molecule has 1 aliphatic rings. The molecular formula is C38H47N5O3S. The fourth-order valence-electron chi connectivity index (χ4n) is 6.65. The molecule has 0 saturated carbocycles. The van der Waals surface area contributed by atoms with Crippen LogP contribution in [0.4, 0.5) is 17.1 Å². The zero-order valence-electron chi connectivity index (χ0n) is 28.5. The number of nitrogens with two attached hydrogens (primary N) is 1. The number of nitrogens with zero attached hydrogens (tertiary/aromatic N) is 2. The molecule has 0 fully saturated rings. The van der Waals surface area contributed by atoms with Crippen molar-refractivity contribution in [1.29, 1.82) is 0 Å². The van der Waals surface area contributed by atoms with E-state index in [0.717, 1.165) is 50.4 Å². The van der Waals surface area contributed by atoms with Gasteiger partial charge in [-0.2, -0.15) is 0 Å².